The third-order valence-corrected chi connectivity index (χ3v) is 3.08. The van der Waals surface area contributed by atoms with Crippen molar-refractivity contribution in [1.82, 2.24) is 0 Å². The molecule has 0 bridgehead atoms. The zero-order valence-electron chi connectivity index (χ0n) is 19.1. The first-order chi connectivity index (χ1) is 12.7. The molecular formula is C13H18Ca2O15. The topological polar surface area (TPSA) is 259 Å². The minimum absolute atomic E-state index is 0. The fourth-order valence-electron chi connectivity index (χ4n) is 1.98. The summed E-state index contributed by atoms with van der Waals surface area (Å²) in [5.41, 5.74) is -6.49. The third kappa shape index (κ3) is 10.6. The van der Waals surface area contributed by atoms with Crippen molar-refractivity contribution in [3.63, 3.8) is 0 Å². The second-order valence-electron chi connectivity index (χ2n) is 5.34. The molecule has 0 aromatic rings. The van der Waals surface area contributed by atoms with Gasteiger partial charge in [0.15, 0.2) is 0 Å². The molecule has 0 fully saturated rings. The third-order valence-electron chi connectivity index (χ3n) is 3.08. The summed E-state index contributed by atoms with van der Waals surface area (Å²) >= 11 is 0. The van der Waals surface area contributed by atoms with Crippen LogP contribution in [0.5, 0.6) is 0 Å². The van der Waals surface area contributed by atoms with Crippen molar-refractivity contribution >= 4 is 117 Å². The Morgan fingerprint density at radius 2 is 0.733 bits per heavy atom. The van der Waals surface area contributed by atoms with Crippen LogP contribution in [0.25, 0.3) is 0 Å². The van der Waals surface area contributed by atoms with E-state index in [0.717, 1.165) is 0 Å². The number of carboxylic acids is 6. The molecule has 0 aliphatic carbocycles. The molecule has 17 heteroatoms. The number of hydrogen-bond acceptors (Lipinski definition) is 9. The fraction of sp³-hybridized carbons (Fsp3) is 0.462. The van der Waals surface area contributed by atoms with Crippen molar-refractivity contribution in [1.29, 1.82) is 0 Å². The van der Waals surface area contributed by atoms with E-state index in [2.05, 4.69) is 9.47 Å². The van der Waals surface area contributed by atoms with Gasteiger partial charge in [0.2, 0.25) is 11.2 Å². The molecule has 164 valence electrons. The number of ether oxygens (including phenoxy) is 2. The molecule has 0 radical (unpaired) electrons. The normalized spacial score (nSPS) is 10.4. The van der Waals surface area contributed by atoms with Gasteiger partial charge in [-0.1, -0.05) is 0 Å². The predicted octanol–water partition coefficient (Wildman–Crippen LogP) is -1.63. The van der Waals surface area contributed by atoms with Crippen LogP contribution in [-0.2, 0) is 38.2 Å². The minimum atomic E-state index is -3.24. The second-order valence-corrected chi connectivity index (χ2v) is 5.34. The smallest absolute Gasteiger partial charge is 1.00 e. The van der Waals surface area contributed by atoms with E-state index in [0.29, 0.717) is 0 Å². The molecule has 0 spiro atoms. The van der Waals surface area contributed by atoms with Crippen molar-refractivity contribution in [3.8, 4) is 0 Å². The van der Waals surface area contributed by atoms with Gasteiger partial charge in [-0.3, -0.25) is 19.2 Å². The van der Waals surface area contributed by atoms with E-state index in [9.17, 15) is 33.6 Å². The van der Waals surface area contributed by atoms with Gasteiger partial charge in [0.05, 0.1) is 25.7 Å². The zero-order valence-corrected chi connectivity index (χ0v) is 19.5. The monoisotopic (exact) mass is 494 g/mol. The van der Waals surface area contributed by atoms with Crippen molar-refractivity contribution in [3.05, 3.63) is 0 Å². The first-order valence-corrected chi connectivity index (χ1v) is 6.92. The molecule has 0 atom stereocenters. The Kier molecular flexibility index (Phi) is 15.3. The Bertz CT molecular complexity index is 643. The van der Waals surface area contributed by atoms with Crippen molar-refractivity contribution in [2.45, 2.75) is 36.9 Å². The first kappa shape index (κ1) is 33.3. The molecule has 0 aromatic heterocycles. The summed E-state index contributed by atoms with van der Waals surface area (Å²) in [6.45, 7) is 0. The van der Waals surface area contributed by atoms with Crippen LogP contribution in [0.15, 0.2) is 0 Å². The molecule has 0 amide bonds. The van der Waals surface area contributed by atoms with E-state index in [-0.39, 0.29) is 81.2 Å². The molecule has 15 nitrogen and oxygen atoms in total. The SMILES string of the molecule is O=C(O)CC(CC(=O)O)(OC(=O)OC(CC(=O)O)(CC(=O)O)C(=O)O)C(=O)O.[Ca+2].[Ca+2].[H-].[H-].[H-].[H-]. The minimum Gasteiger partial charge on any atom is -1.00 e. The van der Waals surface area contributed by atoms with Crippen LogP contribution in [0.3, 0.4) is 0 Å². The van der Waals surface area contributed by atoms with Crippen LogP contribution in [0.1, 0.15) is 31.4 Å². The summed E-state index contributed by atoms with van der Waals surface area (Å²) in [4.78, 5) is 77.8. The molecule has 30 heavy (non-hydrogen) atoms. The molecule has 6 N–H and O–H groups in total. The summed E-state index contributed by atoms with van der Waals surface area (Å²) in [6, 6.07) is 0. The van der Waals surface area contributed by atoms with Gasteiger partial charge in [0, 0.05) is 0 Å². The molecular weight excluding hydrogens is 476 g/mol. The first-order valence-electron chi connectivity index (χ1n) is 6.92. The van der Waals surface area contributed by atoms with E-state index in [4.69, 9.17) is 30.6 Å². The van der Waals surface area contributed by atoms with Crippen molar-refractivity contribution in [2.24, 2.45) is 0 Å². The Balaban J connectivity index is -0.000000243. The average Bonchev–Trinajstić information content (AvgIpc) is 2.42. The molecule has 0 aliphatic rings. The average molecular weight is 494 g/mol. The maximum absolute atomic E-state index is 11.9. The van der Waals surface area contributed by atoms with Crippen LogP contribution in [0.2, 0.25) is 0 Å². The maximum Gasteiger partial charge on any atom is 2.00 e. The van der Waals surface area contributed by atoms with Gasteiger partial charge in [0.1, 0.15) is 0 Å². The van der Waals surface area contributed by atoms with Crippen molar-refractivity contribution in [2.75, 3.05) is 0 Å². The maximum atomic E-state index is 11.9. The van der Waals surface area contributed by atoms with Gasteiger partial charge in [0.25, 0.3) is 0 Å². The molecule has 0 unspecified atom stereocenters. The van der Waals surface area contributed by atoms with E-state index in [1.807, 2.05) is 0 Å². The van der Waals surface area contributed by atoms with Crippen LogP contribution in [-0.4, -0.2) is 159 Å². The van der Waals surface area contributed by atoms with E-state index < -0.39 is 78.9 Å². The largest absolute Gasteiger partial charge is 2.00 e. The number of rotatable bonds is 12. The van der Waals surface area contributed by atoms with Gasteiger partial charge in [-0.25, -0.2) is 14.4 Å². The van der Waals surface area contributed by atoms with Crippen molar-refractivity contribution < 1.29 is 79.4 Å². The number of hydrogen-bond donors (Lipinski definition) is 6. The quantitative estimate of drug-likeness (QED) is 0.131. The van der Waals surface area contributed by atoms with Crippen LogP contribution < -0.4 is 0 Å². The van der Waals surface area contributed by atoms with Crippen LogP contribution >= 0.6 is 0 Å². The number of aliphatic carboxylic acids is 6. The second kappa shape index (κ2) is 13.8. The van der Waals surface area contributed by atoms with Gasteiger partial charge in [-0.05, 0) is 0 Å². The molecule has 0 aliphatic heterocycles. The number of carbonyl (C=O) groups excluding carboxylic acids is 1. The summed E-state index contributed by atoms with van der Waals surface area (Å²) in [5.74, 6) is -12.2. The Morgan fingerprint density at radius 1 is 0.533 bits per heavy atom. The van der Waals surface area contributed by atoms with Gasteiger partial charge in [-0.15, -0.1) is 0 Å². The van der Waals surface area contributed by atoms with Gasteiger partial charge in [-0.2, -0.15) is 0 Å². The van der Waals surface area contributed by atoms with Gasteiger partial charge < -0.3 is 45.8 Å². The molecule has 0 saturated heterocycles. The van der Waals surface area contributed by atoms with Gasteiger partial charge >= 0.3 is 117 Å². The Morgan fingerprint density at radius 3 is 0.867 bits per heavy atom. The van der Waals surface area contributed by atoms with E-state index in [1.165, 1.54) is 0 Å². The molecule has 0 aromatic carbocycles. The molecule has 0 rings (SSSR count). The van der Waals surface area contributed by atoms with Crippen LogP contribution in [0.4, 0.5) is 4.79 Å². The summed E-state index contributed by atoms with van der Waals surface area (Å²) in [7, 11) is 0. The molecule has 0 heterocycles. The van der Waals surface area contributed by atoms with Crippen LogP contribution in [0, 0.1) is 0 Å². The summed E-state index contributed by atoms with van der Waals surface area (Å²) in [5, 5.41) is 53.2. The Hall–Kier alpha value is -1.39. The fourth-order valence-corrected chi connectivity index (χ4v) is 1.98. The number of carbonyl (C=O) groups is 7. The predicted molar refractivity (Wildman–Crippen MR) is 93.3 cm³/mol. The standard InChI is InChI=1S/C13H14O15.2Ca.4H/c14-5(15)1-12(9(22)23,2-6(16)17)27-11(26)28-13(10(24)25,3-7(18)19)4-8(20)21;;;;;;/h1-4H2,(H,14,15)(H,16,17)(H,18,19)(H,20,21)(H,22,23)(H,24,25);;;;;;/q;2*+2;4*-1. The van der Waals surface area contributed by atoms with E-state index in [1.54, 1.807) is 0 Å². The zero-order chi connectivity index (χ0) is 22.3. The molecule has 0 saturated carbocycles. The number of carboxylic acid groups (broad SMARTS) is 6. The van der Waals surface area contributed by atoms with E-state index >= 15 is 0 Å². The summed E-state index contributed by atoms with van der Waals surface area (Å²) in [6.07, 6.45) is -8.62. The summed E-state index contributed by atoms with van der Waals surface area (Å²) < 4.78 is 8.44. The Labute approximate surface area is 231 Å².